The minimum absolute atomic E-state index is 0.00803. The highest BCUT2D eigenvalue weighted by Gasteiger charge is 2.21. The predicted octanol–water partition coefficient (Wildman–Crippen LogP) is 7.17. The molecule has 0 unspecified atom stereocenters. The van der Waals surface area contributed by atoms with Crippen molar-refractivity contribution in [2.45, 2.75) is 26.7 Å². The van der Waals surface area contributed by atoms with Crippen LogP contribution in [-0.2, 0) is 0 Å². The van der Waals surface area contributed by atoms with E-state index >= 15 is 0 Å². The van der Waals surface area contributed by atoms with Gasteiger partial charge in [-0.3, -0.25) is 4.79 Å². The molecule has 0 spiro atoms. The first-order valence-electron chi connectivity index (χ1n) is 10.3. The normalized spacial score (nSPS) is 11.1. The molecule has 4 rings (SSSR count). The number of rotatable bonds is 5. The number of benzene rings is 3. The summed E-state index contributed by atoms with van der Waals surface area (Å²) in [5, 5.41) is 8.00. The Bertz CT molecular complexity index is 1330. The zero-order chi connectivity index (χ0) is 23.7. The van der Waals surface area contributed by atoms with Crippen LogP contribution in [0.4, 0.5) is 10.1 Å². The Balaban J connectivity index is 1.79. The van der Waals surface area contributed by atoms with Gasteiger partial charge in [-0.2, -0.15) is 0 Å². The van der Waals surface area contributed by atoms with Gasteiger partial charge in [-0.1, -0.05) is 47.4 Å². The van der Waals surface area contributed by atoms with Crippen molar-refractivity contribution in [1.29, 1.82) is 0 Å². The maximum Gasteiger partial charge on any atom is 0.295 e. The van der Waals surface area contributed by atoms with Gasteiger partial charge in [0.05, 0.1) is 5.69 Å². The number of aromatic nitrogens is 3. The predicted molar refractivity (Wildman–Crippen MR) is 133 cm³/mol. The molecule has 0 radical (unpaired) electrons. The molecule has 3 aromatic carbocycles. The summed E-state index contributed by atoms with van der Waals surface area (Å²) >= 11 is 9.80. The quantitative estimate of drug-likeness (QED) is 0.299. The average molecular weight is 528 g/mol. The third-order valence-corrected chi connectivity index (χ3v) is 6.17. The maximum absolute atomic E-state index is 13.5. The van der Waals surface area contributed by atoms with E-state index in [9.17, 15) is 9.18 Å². The highest BCUT2D eigenvalue weighted by Crippen LogP contribution is 2.29. The molecule has 1 amide bonds. The molecular weight excluding hydrogens is 507 g/mol. The first kappa shape index (κ1) is 23.1. The molecule has 0 atom stereocenters. The number of nitrogens with zero attached hydrogens (tertiary/aromatic N) is 3. The summed E-state index contributed by atoms with van der Waals surface area (Å²) in [5.41, 5.74) is 3.77. The summed E-state index contributed by atoms with van der Waals surface area (Å²) in [5.74, 6) is -0.205. The second-order valence-corrected chi connectivity index (χ2v) is 9.22. The highest BCUT2D eigenvalue weighted by atomic mass is 79.9. The van der Waals surface area contributed by atoms with Crippen molar-refractivity contribution >= 4 is 39.1 Å². The Morgan fingerprint density at radius 1 is 1.12 bits per heavy atom. The lowest BCUT2D eigenvalue weighted by atomic mass is 10.0. The number of nitrogens with one attached hydrogen (secondary N) is 1. The number of carbonyl (C=O) groups excluding carboxylic acids is 1. The van der Waals surface area contributed by atoms with E-state index < -0.39 is 5.91 Å². The number of hydrogen-bond donors (Lipinski definition) is 1. The summed E-state index contributed by atoms with van der Waals surface area (Å²) in [6.45, 7) is 5.97. The molecule has 0 aliphatic heterocycles. The number of halogens is 3. The molecule has 0 saturated carbocycles. The third-order valence-electron chi connectivity index (χ3n) is 5.26. The molecule has 0 bridgehead atoms. The Hall–Kier alpha value is -3.03. The molecule has 4 aromatic rings. The van der Waals surface area contributed by atoms with Crippen LogP contribution in [0, 0.1) is 12.7 Å². The lowest BCUT2D eigenvalue weighted by Crippen LogP contribution is -2.16. The van der Waals surface area contributed by atoms with E-state index in [1.165, 1.54) is 12.1 Å². The van der Waals surface area contributed by atoms with Gasteiger partial charge in [-0.05, 0) is 78.6 Å². The topological polar surface area (TPSA) is 59.8 Å². The van der Waals surface area contributed by atoms with Crippen LogP contribution >= 0.6 is 27.5 Å². The molecule has 5 nitrogen and oxygen atoms in total. The Kier molecular flexibility index (Phi) is 6.63. The summed E-state index contributed by atoms with van der Waals surface area (Å²) in [6, 6.07) is 17.0. The van der Waals surface area contributed by atoms with Gasteiger partial charge < -0.3 is 5.32 Å². The van der Waals surface area contributed by atoms with Crippen LogP contribution in [0.2, 0.25) is 5.02 Å². The van der Waals surface area contributed by atoms with Crippen LogP contribution in [0.15, 0.2) is 65.1 Å². The number of amides is 1. The van der Waals surface area contributed by atoms with Gasteiger partial charge in [0.15, 0.2) is 5.82 Å². The number of anilines is 1. The molecule has 1 N–H and O–H groups in total. The summed E-state index contributed by atoms with van der Waals surface area (Å²) in [4.78, 5) is 17.7. The fourth-order valence-electron chi connectivity index (χ4n) is 3.49. The molecule has 1 aromatic heterocycles. The largest absolute Gasteiger partial charge is 0.319 e. The van der Waals surface area contributed by atoms with Crippen molar-refractivity contribution in [3.63, 3.8) is 0 Å². The van der Waals surface area contributed by atoms with Crippen LogP contribution in [0.25, 0.3) is 17.1 Å². The van der Waals surface area contributed by atoms with Crippen molar-refractivity contribution in [2.75, 3.05) is 5.32 Å². The van der Waals surface area contributed by atoms with E-state index in [0.29, 0.717) is 27.8 Å². The minimum Gasteiger partial charge on any atom is -0.319 e. The molecule has 0 aliphatic rings. The van der Waals surface area contributed by atoms with Crippen LogP contribution in [-0.4, -0.2) is 20.7 Å². The van der Waals surface area contributed by atoms with Gasteiger partial charge in [-0.15, -0.1) is 5.10 Å². The third kappa shape index (κ3) is 4.84. The zero-order valence-electron chi connectivity index (χ0n) is 18.2. The standard InChI is InChI=1S/C25H21BrClFN4O/c1-14(2)19-13-17(26)9-12-21(19)29-25(33)23-30-24(16-7-10-18(28)11-8-16)32(31-23)22-6-4-5-20(27)15(22)3/h4-14H,1-3H3,(H,29,33). The molecule has 0 saturated heterocycles. The number of hydrogen-bond acceptors (Lipinski definition) is 3. The lowest BCUT2D eigenvalue weighted by Gasteiger charge is -2.13. The fraction of sp³-hybridized carbons (Fsp3) is 0.160. The first-order valence-corrected chi connectivity index (χ1v) is 11.5. The zero-order valence-corrected chi connectivity index (χ0v) is 20.6. The van der Waals surface area contributed by atoms with Gasteiger partial charge >= 0.3 is 0 Å². The average Bonchev–Trinajstić information content (AvgIpc) is 3.22. The molecule has 168 valence electrons. The van der Waals surface area contributed by atoms with E-state index in [1.54, 1.807) is 28.9 Å². The van der Waals surface area contributed by atoms with E-state index in [0.717, 1.165) is 15.6 Å². The van der Waals surface area contributed by atoms with E-state index in [1.807, 2.05) is 31.2 Å². The van der Waals surface area contributed by atoms with Crippen LogP contribution in [0.3, 0.4) is 0 Å². The van der Waals surface area contributed by atoms with Gasteiger partial charge in [0, 0.05) is 20.7 Å². The minimum atomic E-state index is -0.444. The molecule has 0 fully saturated rings. The summed E-state index contributed by atoms with van der Waals surface area (Å²) in [6.07, 6.45) is 0. The van der Waals surface area contributed by atoms with Crippen molar-refractivity contribution in [2.24, 2.45) is 0 Å². The highest BCUT2D eigenvalue weighted by molar-refractivity contribution is 9.10. The fourth-order valence-corrected chi connectivity index (χ4v) is 4.04. The number of carbonyl (C=O) groups is 1. The van der Waals surface area contributed by atoms with E-state index in [-0.39, 0.29) is 17.6 Å². The van der Waals surface area contributed by atoms with Gasteiger partial charge in [0.2, 0.25) is 5.82 Å². The van der Waals surface area contributed by atoms with Gasteiger partial charge in [0.1, 0.15) is 5.82 Å². The van der Waals surface area contributed by atoms with E-state index in [4.69, 9.17) is 11.6 Å². The first-order chi connectivity index (χ1) is 15.7. The van der Waals surface area contributed by atoms with Gasteiger partial charge in [-0.25, -0.2) is 14.1 Å². The summed E-state index contributed by atoms with van der Waals surface area (Å²) < 4.78 is 16.0. The van der Waals surface area contributed by atoms with Crippen molar-refractivity contribution in [3.8, 4) is 17.1 Å². The molecule has 0 aliphatic carbocycles. The van der Waals surface area contributed by atoms with Crippen LogP contribution < -0.4 is 5.32 Å². The van der Waals surface area contributed by atoms with Crippen LogP contribution in [0.1, 0.15) is 41.5 Å². The maximum atomic E-state index is 13.5. The Morgan fingerprint density at radius 2 is 1.85 bits per heavy atom. The van der Waals surface area contributed by atoms with Crippen molar-refractivity contribution in [1.82, 2.24) is 14.8 Å². The SMILES string of the molecule is Cc1c(Cl)cccc1-n1nc(C(=O)Nc2ccc(Br)cc2C(C)C)nc1-c1ccc(F)cc1. The van der Waals surface area contributed by atoms with Crippen molar-refractivity contribution in [3.05, 3.63) is 92.9 Å². The molecular formula is C25H21BrClFN4O. The molecule has 1 heterocycles. The molecule has 8 heteroatoms. The second-order valence-electron chi connectivity index (χ2n) is 7.90. The summed E-state index contributed by atoms with van der Waals surface area (Å²) in [7, 11) is 0. The second kappa shape index (κ2) is 9.45. The monoisotopic (exact) mass is 526 g/mol. The van der Waals surface area contributed by atoms with Crippen LogP contribution in [0.5, 0.6) is 0 Å². The van der Waals surface area contributed by atoms with Crippen molar-refractivity contribution < 1.29 is 9.18 Å². The van der Waals surface area contributed by atoms with E-state index in [2.05, 4.69) is 45.2 Å². The Morgan fingerprint density at radius 3 is 2.55 bits per heavy atom. The Labute approximate surface area is 204 Å². The lowest BCUT2D eigenvalue weighted by molar-refractivity contribution is 0.101. The van der Waals surface area contributed by atoms with Gasteiger partial charge in [0.25, 0.3) is 5.91 Å². The molecule has 33 heavy (non-hydrogen) atoms. The smallest absolute Gasteiger partial charge is 0.295 e.